The molecule has 0 aliphatic carbocycles. The third-order valence-electron chi connectivity index (χ3n) is 3.50. The molecule has 1 amide bonds. The van der Waals surface area contributed by atoms with E-state index in [1.807, 2.05) is 24.3 Å². The lowest BCUT2D eigenvalue weighted by molar-refractivity contribution is -0.121. The van der Waals surface area contributed by atoms with Crippen LogP contribution in [0, 0.1) is 0 Å². The van der Waals surface area contributed by atoms with Gasteiger partial charge in [0.2, 0.25) is 5.91 Å². The molecule has 1 heterocycles. The van der Waals surface area contributed by atoms with Crippen molar-refractivity contribution in [3.63, 3.8) is 0 Å². The predicted molar refractivity (Wildman–Crippen MR) is 78.5 cm³/mol. The van der Waals surface area contributed by atoms with E-state index in [2.05, 4.69) is 10.2 Å². The van der Waals surface area contributed by atoms with Crippen LogP contribution in [-0.4, -0.2) is 37.0 Å². The van der Waals surface area contributed by atoms with Crippen LogP contribution in [0.4, 0.5) is 0 Å². The van der Waals surface area contributed by atoms with Crippen molar-refractivity contribution in [2.75, 3.05) is 26.2 Å². The van der Waals surface area contributed by atoms with Crippen LogP contribution < -0.4 is 5.32 Å². The molecule has 1 N–H and O–H groups in total. The van der Waals surface area contributed by atoms with E-state index in [1.54, 1.807) is 0 Å². The zero-order valence-corrected chi connectivity index (χ0v) is 12.0. The standard InChI is InChI=1S/C15H21ClN2O/c16-14-5-3-13(4-6-14)7-9-17-15(19)8-12-18-10-1-2-11-18/h3-6H,1-2,7-12H2,(H,17,19). The highest BCUT2D eigenvalue weighted by Gasteiger charge is 2.12. The van der Waals surface area contributed by atoms with Crippen LogP contribution in [0.1, 0.15) is 24.8 Å². The maximum atomic E-state index is 11.7. The van der Waals surface area contributed by atoms with Crippen molar-refractivity contribution in [2.45, 2.75) is 25.7 Å². The number of benzene rings is 1. The van der Waals surface area contributed by atoms with Gasteiger partial charge < -0.3 is 10.2 Å². The maximum absolute atomic E-state index is 11.7. The van der Waals surface area contributed by atoms with Gasteiger partial charge in [-0.2, -0.15) is 0 Å². The summed E-state index contributed by atoms with van der Waals surface area (Å²) in [5.41, 5.74) is 1.20. The molecule has 1 aliphatic heterocycles. The second-order valence-electron chi connectivity index (χ2n) is 5.03. The summed E-state index contributed by atoms with van der Waals surface area (Å²) in [6, 6.07) is 7.76. The number of amides is 1. The molecule has 0 spiro atoms. The van der Waals surface area contributed by atoms with Crippen LogP contribution in [0.5, 0.6) is 0 Å². The zero-order chi connectivity index (χ0) is 13.5. The van der Waals surface area contributed by atoms with Crippen molar-refractivity contribution in [1.29, 1.82) is 0 Å². The third-order valence-corrected chi connectivity index (χ3v) is 3.75. The Morgan fingerprint density at radius 1 is 1.21 bits per heavy atom. The van der Waals surface area contributed by atoms with Gasteiger partial charge in [-0.15, -0.1) is 0 Å². The fourth-order valence-corrected chi connectivity index (χ4v) is 2.48. The van der Waals surface area contributed by atoms with E-state index in [0.29, 0.717) is 13.0 Å². The molecule has 1 aromatic carbocycles. The summed E-state index contributed by atoms with van der Waals surface area (Å²) in [5.74, 6) is 0.154. The fraction of sp³-hybridized carbons (Fsp3) is 0.533. The van der Waals surface area contributed by atoms with Gasteiger partial charge in [0.15, 0.2) is 0 Å². The fourth-order valence-electron chi connectivity index (χ4n) is 2.35. The Kier molecular flexibility index (Phi) is 5.67. The maximum Gasteiger partial charge on any atom is 0.221 e. The highest BCUT2D eigenvalue weighted by Crippen LogP contribution is 2.09. The second kappa shape index (κ2) is 7.51. The van der Waals surface area contributed by atoms with E-state index in [4.69, 9.17) is 11.6 Å². The highest BCUT2D eigenvalue weighted by atomic mass is 35.5. The summed E-state index contributed by atoms with van der Waals surface area (Å²) in [5, 5.41) is 3.72. The molecule has 4 heteroatoms. The molecule has 0 radical (unpaired) electrons. The normalized spacial score (nSPS) is 15.6. The number of hydrogen-bond donors (Lipinski definition) is 1. The lowest BCUT2D eigenvalue weighted by Crippen LogP contribution is -2.30. The van der Waals surface area contributed by atoms with E-state index in [1.165, 1.54) is 18.4 Å². The molecular weight excluding hydrogens is 260 g/mol. The molecule has 3 nitrogen and oxygen atoms in total. The van der Waals surface area contributed by atoms with Crippen LogP contribution in [0.25, 0.3) is 0 Å². The monoisotopic (exact) mass is 280 g/mol. The van der Waals surface area contributed by atoms with Gasteiger partial charge in [-0.3, -0.25) is 4.79 Å². The smallest absolute Gasteiger partial charge is 0.221 e. The third kappa shape index (κ3) is 5.21. The largest absolute Gasteiger partial charge is 0.356 e. The average molecular weight is 281 g/mol. The average Bonchev–Trinajstić information content (AvgIpc) is 2.92. The zero-order valence-electron chi connectivity index (χ0n) is 11.2. The minimum Gasteiger partial charge on any atom is -0.356 e. The number of nitrogens with zero attached hydrogens (tertiary/aromatic N) is 1. The summed E-state index contributed by atoms with van der Waals surface area (Å²) in [6.07, 6.45) is 4.02. The lowest BCUT2D eigenvalue weighted by Gasteiger charge is -2.13. The van der Waals surface area contributed by atoms with Crippen molar-refractivity contribution in [1.82, 2.24) is 10.2 Å². The minimum atomic E-state index is 0.154. The molecule has 0 saturated carbocycles. The van der Waals surface area contributed by atoms with Crippen LogP contribution >= 0.6 is 11.6 Å². The van der Waals surface area contributed by atoms with Crippen LogP contribution in [0.3, 0.4) is 0 Å². The predicted octanol–water partition coefficient (Wildman–Crippen LogP) is 2.48. The molecule has 0 atom stereocenters. The quantitative estimate of drug-likeness (QED) is 0.868. The van der Waals surface area contributed by atoms with E-state index in [-0.39, 0.29) is 5.91 Å². The van der Waals surface area contributed by atoms with Crippen LogP contribution in [-0.2, 0) is 11.2 Å². The van der Waals surface area contributed by atoms with E-state index < -0.39 is 0 Å². The molecule has 0 bridgehead atoms. The number of rotatable bonds is 6. The van der Waals surface area contributed by atoms with Gasteiger partial charge in [-0.25, -0.2) is 0 Å². The van der Waals surface area contributed by atoms with Gasteiger partial charge in [0.05, 0.1) is 0 Å². The van der Waals surface area contributed by atoms with Crippen LogP contribution in [0.15, 0.2) is 24.3 Å². The number of halogens is 1. The Hall–Kier alpha value is -1.06. The van der Waals surface area contributed by atoms with E-state index in [9.17, 15) is 4.79 Å². The van der Waals surface area contributed by atoms with Crippen molar-refractivity contribution >= 4 is 17.5 Å². The lowest BCUT2D eigenvalue weighted by atomic mass is 10.1. The van der Waals surface area contributed by atoms with Gasteiger partial charge in [0.25, 0.3) is 0 Å². The number of likely N-dealkylation sites (tertiary alicyclic amines) is 1. The van der Waals surface area contributed by atoms with Crippen molar-refractivity contribution in [3.8, 4) is 0 Å². The van der Waals surface area contributed by atoms with Gasteiger partial charge in [-0.1, -0.05) is 23.7 Å². The molecule has 1 aliphatic rings. The molecule has 19 heavy (non-hydrogen) atoms. The molecule has 104 valence electrons. The Bertz CT molecular complexity index is 399. The Labute approximate surface area is 119 Å². The van der Waals surface area contributed by atoms with Gasteiger partial charge in [0, 0.05) is 24.5 Å². The van der Waals surface area contributed by atoms with Crippen molar-refractivity contribution in [3.05, 3.63) is 34.9 Å². The Morgan fingerprint density at radius 2 is 1.89 bits per heavy atom. The first-order chi connectivity index (χ1) is 9.24. The van der Waals surface area contributed by atoms with Crippen LogP contribution in [0.2, 0.25) is 5.02 Å². The molecule has 1 aromatic rings. The first-order valence-corrected chi connectivity index (χ1v) is 7.35. The summed E-state index contributed by atoms with van der Waals surface area (Å²) in [4.78, 5) is 14.0. The van der Waals surface area contributed by atoms with Crippen molar-refractivity contribution < 1.29 is 4.79 Å². The Morgan fingerprint density at radius 3 is 2.58 bits per heavy atom. The molecule has 0 unspecified atom stereocenters. The SMILES string of the molecule is O=C(CCN1CCCC1)NCCc1ccc(Cl)cc1. The summed E-state index contributed by atoms with van der Waals surface area (Å²) >= 11 is 5.83. The molecular formula is C15H21ClN2O. The summed E-state index contributed by atoms with van der Waals surface area (Å²) in [7, 11) is 0. The highest BCUT2D eigenvalue weighted by molar-refractivity contribution is 6.30. The molecule has 1 fully saturated rings. The number of carbonyl (C=O) groups is 1. The topological polar surface area (TPSA) is 32.3 Å². The first kappa shape index (κ1) is 14.4. The molecule has 1 saturated heterocycles. The summed E-state index contributed by atoms with van der Waals surface area (Å²) < 4.78 is 0. The van der Waals surface area contributed by atoms with Gasteiger partial charge >= 0.3 is 0 Å². The van der Waals surface area contributed by atoms with Crippen molar-refractivity contribution in [2.24, 2.45) is 0 Å². The molecule has 0 aromatic heterocycles. The summed E-state index contributed by atoms with van der Waals surface area (Å²) in [6.45, 7) is 3.89. The van der Waals surface area contributed by atoms with E-state index >= 15 is 0 Å². The van der Waals surface area contributed by atoms with Gasteiger partial charge in [0.1, 0.15) is 0 Å². The first-order valence-electron chi connectivity index (χ1n) is 6.97. The second-order valence-corrected chi connectivity index (χ2v) is 5.46. The minimum absolute atomic E-state index is 0.154. The molecule has 2 rings (SSSR count). The van der Waals surface area contributed by atoms with Gasteiger partial charge in [-0.05, 0) is 50.0 Å². The van der Waals surface area contributed by atoms with E-state index in [0.717, 1.165) is 31.1 Å². The number of nitrogens with one attached hydrogen (secondary N) is 1. The Balaban J connectivity index is 1.59. The number of hydrogen-bond acceptors (Lipinski definition) is 2. The number of carbonyl (C=O) groups excluding carboxylic acids is 1.